The molecule has 0 radical (unpaired) electrons. The van der Waals surface area contributed by atoms with Gasteiger partial charge in [-0.15, -0.1) is 0 Å². The molecule has 58 valence electrons. The summed E-state index contributed by atoms with van der Waals surface area (Å²) in [5.41, 5.74) is 0. The van der Waals surface area contributed by atoms with Crippen LogP contribution in [-0.2, 0) is 4.79 Å². The van der Waals surface area contributed by atoms with Gasteiger partial charge < -0.3 is 10.2 Å². The number of carboxylic acids is 1. The third-order valence-corrected chi connectivity index (χ3v) is 1.79. The fourth-order valence-corrected chi connectivity index (χ4v) is 1.24. The van der Waals surface area contributed by atoms with E-state index in [1.807, 2.05) is 0 Å². The van der Waals surface area contributed by atoms with Crippen LogP contribution in [0.1, 0.15) is 6.42 Å². The average molecular weight is 146 g/mol. The lowest BCUT2D eigenvalue weighted by Crippen LogP contribution is -2.32. The Hall–Kier alpha value is -0.610. The molecule has 0 aromatic heterocycles. The number of likely N-dealkylation sites (tertiary alicyclic amines) is 1. The average Bonchev–Trinajstić information content (AvgIpc) is 2.30. The van der Waals surface area contributed by atoms with E-state index in [0.717, 1.165) is 0 Å². The lowest BCUT2D eigenvalue weighted by Gasteiger charge is -2.12. The predicted octanol–water partition coefficient (Wildman–Crippen LogP) is -0.864. The molecule has 0 aromatic rings. The number of hydrogen-bond donors (Lipinski definition) is 2. The maximum absolute atomic E-state index is 10.5. The van der Waals surface area contributed by atoms with E-state index in [9.17, 15) is 4.79 Å². The largest absolute Gasteiger partial charge is 0.480 e. The first-order valence-electron chi connectivity index (χ1n) is 3.61. The Morgan fingerprint density at radius 2 is 2.60 bits per heavy atom. The van der Waals surface area contributed by atoms with Crippen molar-refractivity contribution in [3.05, 3.63) is 0 Å². The molecule has 0 spiro atoms. The van der Waals surface area contributed by atoms with E-state index in [2.05, 4.69) is 5.11 Å². The predicted molar refractivity (Wildman–Crippen MR) is 34.7 cm³/mol. The van der Waals surface area contributed by atoms with Gasteiger partial charge in [0.25, 0.3) is 0 Å². The third kappa shape index (κ3) is 1.27. The molecule has 1 heterocycles. The first-order valence-corrected chi connectivity index (χ1v) is 3.20. The monoisotopic (exact) mass is 146 g/mol. The van der Waals surface area contributed by atoms with Crippen LogP contribution in [0.4, 0.5) is 0 Å². The van der Waals surface area contributed by atoms with Gasteiger partial charge in [0.1, 0.15) is 6.04 Å². The molecule has 1 aliphatic heterocycles. The zero-order valence-electron chi connectivity index (χ0n) is 6.78. The molecule has 1 rings (SSSR count). The van der Waals surface area contributed by atoms with Crippen molar-refractivity contribution < 1.29 is 15.0 Å². The van der Waals surface area contributed by atoms with Crippen LogP contribution < -0.4 is 0 Å². The van der Waals surface area contributed by atoms with Crippen molar-refractivity contribution in [2.75, 3.05) is 13.6 Å². The quantitative estimate of drug-likeness (QED) is 0.532. The molecule has 0 saturated carbocycles. The molecule has 1 saturated heterocycles. The van der Waals surface area contributed by atoms with Crippen LogP contribution in [0, 0.1) is 0 Å². The first kappa shape index (κ1) is 6.12. The Kier molecular flexibility index (Phi) is 1.56. The van der Waals surface area contributed by atoms with E-state index in [4.69, 9.17) is 6.54 Å². The number of nitrogens with zero attached hydrogens (tertiary/aromatic N) is 1. The van der Waals surface area contributed by atoms with Crippen LogP contribution in [0.5, 0.6) is 0 Å². The zero-order chi connectivity index (χ0) is 8.43. The van der Waals surface area contributed by atoms with E-state index < -0.39 is 12.0 Å². The summed E-state index contributed by atoms with van der Waals surface area (Å²) >= 11 is 0. The third-order valence-electron chi connectivity index (χ3n) is 1.79. The maximum atomic E-state index is 10.5. The van der Waals surface area contributed by atoms with Gasteiger partial charge in [-0.1, -0.05) is 0 Å². The van der Waals surface area contributed by atoms with Crippen molar-refractivity contribution >= 4 is 5.97 Å². The van der Waals surface area contributed by atoms with Gasteiger partial charge in [0.2, 0.25) is 1.43 Å². The molecule has 0 unspecified atom stereocenters. The standard InChI is InChI=1S/C6H11NO3/c1-7-3-4(8)2-5(7)6(9)10/h4-5,8H,2-3H2,1H3,(H,9,10)/t4-,5-/m0/s1/i8D. The number of aliphatic hydroxyl groups excluding tert-OH is 1. The topological polar surface area (TPSA) is 60.8 Å². The molecule has 2 atom stereocenters. The molecular formula is C6H11NO3. The summed E-state index contributed by atoms with van der Waals surface area (Å²) in [5, 5.41) is 12.9. The highest BCUT2D eigenvalue weighted by Crippen LogP contribution is 2.14. The van der Waals surface area contributed by atoms with Crippen LogP contribution in [0.3, 0.4) is 0 Å². The highest BCUT2D eigenvalue weighted by atomic mass is 16.4. The number of aliphatic hydroxyl groups is 1. The molecule has 1 aliphatic rings. The smallest absolute Gasteiger partial charge is 0.321 e. The van der Waals surface area contributed by atoms with E-state index in [1.54, 1.807) is 11.9 Å². The van der Waals surface area contributed by atoms with Crippen LogP contribution >= 0.6 is 0 Å². The van der Waals surface area contributed by atoms with Gasteiger partial charge in [-0.25, -0.2) is 0 Å². The zero-order valence-corrected chi connectivity index (χ0v) is 5.78. The Labute approximate surface area is 60.6 Å². The van der Waals surface area contributed by atoms with E-state index in [0.29, 0.717) is 13.0 Å². The van der Waals surface area contributed by atoms with Gasteiger partial charge >= 0.3 is 5.97 Å². The summed E-state index contributed by atoms with van der Waals surface area (Å²) in [6, 6.07) is -0.481. The van der Waals surface area contributed by atoms with Crippen molar-refractivity contribution in [2.45, 2.75) is 18.6 Å². The first-order chi connectivity index (χ1) is 5.15. The fraction of sp³-hybridized carbons (Fsp3) is 0.833. The number of likely N-dealkylation sites (N-methyl/N-ethyl adjacent to an activating group) is 1. The highest BCUT2D eigenvalue weighted by molar-refractivity contribution is 5.73. The summed E-state index contributed by atoms with van der Waals surface area (Å²) < 4.78 is 6.60. The number of carbonyl (C=O) groups is 1. The van der Waals surface area contributed by atoms with Crippen LogP contribution in [0.15, 0.2) is 0 Å². The van der Waals surface area contributed by atoms with E-state index in [1.165, 1.54) is 0 Å². The van der Waals surface area contributed by atoms with E-state index >= 15 is 0 Å². The SMILES string of the molecule is [2H]O[C@H]1C[C@@H](C(=O)O)N(C)C1. The summed E-state index contributed by atoms with van der Waals surface area (Å²) in [5.74, 6) is -0.841. The lowest BCUT2D eigenvalue weighted by molar-refractivity contribution is -0.141. The minimum Gasteiger partial charge on any atom is -0.480 e. The number of hydrogen-bond acceptors (Lipinski definition) is 3. The summed E-state index contributed by atoms with van der Waals surface area (Å²) in [6.07, 6.45) is 0.163. The van der Waals surface area contributed by atoms with Gasteiger partial charge in [0, 0.05) is 13.0 Å². The van der Waals surface area contributed by atoms with Crippen molar-refractivity contribution in [3.8, 4) is 0 Å². The summed E-state index contributed by atoms with van der Waals surface area (Å²) in [7, 11) is 1.72. The van der Waals surface area contributed by atoms with Gasteiger partial charge in [-0.3, -0.25) is 9.69 Å². The molecule has 0 bridgehead atoms. The molecule has 4 nitrogen and oxygen atoms in total. The number of carboxylic acid groups (broad SMARTS) is 1. The van der Waals surface area contributed by atoms with Gasteiger partial charge in [-0.05, 0) is 7.05 Å². The molecule has 0 aromatic carbocycles. The van der Waals surface area contributed by atoms with E-state index in [-0.39, 0.29) is 6.10 Å². The van der Waals surface area contributed by atoms with Crippen molar-refractivity contribution in [1.29, 1.82) is 1.43 Å². The van der Waals surface area contributed by atoms with Crippen molar-refractivity contribution in [1.82, 2.24) is 4.90 Å². The Balaban J connectivity index is 2.51. The molecule has 1 fully saturated rings. The van der Waals surface area contributed by atoms with Gasteiger partial charge in [-0.2, -0.15) is 0 Å². The molecule has 0 aliphatic carbocycles. The summed E-state index contributed by atoms with van der Waals surface area (Å²) in [4.78, 5) is 12.2. The Bertz CT molecular complexity index is 164. The van der Waals surface area contributed by atoms with Crippen molar-refractivity contribution in [3.63, 3.8) is 0 Å². The molecule has 4 heteroatoms. The number of rotatable bonds is 2. The molecule has 0 amide bonds. The van der Waals surface area contributed by atoms with Crippen LogP contribution in [0.2, 0.25) is 0 Å². The second-order valence-electron chi connectivity index (χ2n) is 2.65. The van der Waals surface area contributed by atoms with Crippen LogP contribution in [0.25, 0.3) is 0 Å². The second-order valence-corrected chi connectivity index (χ2v) is 2.65. The van der Waals surface area contributed by atoms with Crippen molar-refractivity contribution in [2.24, 2.45) is 0 Å². The summed E-state index contributed by atoms with van der Waals surface area (Å²) in [6.45, 7) is 0.528. The maximum Gasteiger partial charge on any atom is 0.321 e. The normalized spacial score (nSPS) is 35.9. The molecular weight excluding hydrogens is 134 g/mol. The van der Waals surface area contributed by atoms with Gasteiger partial charge in [0.15, 0.2) is 0 Å². The lowest BCUT2D eigenvalue weighted by atomic mass is 10.2. The Morgan fingerprint density at radius 3 is 2.90 bits per heavy atom. The van der Waals surface area contributed by atoms with Gasteiger partial charge in [0.05, 0.1) is 6.10 Å². The Morgan fingerprint density at radius 1 is 1.90 bits per heavy atom. The number of aliphatic carboxylic acids is 1. The fourth-order valence-electron chi connectivity index (χ4n) is 1.24. The second kappa shape index (κ2) is 2.56. The molecule has 10 heavy (non-hydrogen) atoms. The minimum atomic E-state index is -0.841. The highest BCUT2D eigenvalue weighted by Gasteiger charge is 2.32. The van der Waals surface area contributed by atoms with Crippen LogP contribution in [-0.4, -0.2) is 48.3 Å². The molecule has 2 N–H and O–H groups in total. The number of β-amino-alcohol motifs (C(OH)–C–C–N with tert-alkyl or cyclic N) is 1. The minimum absolute atomic E-state index is 0.249.